The molecule has 4 rings (SSSR count). The Hall–Kier alpha value is -2.97. The molecule has 0 bridgehead atoms. The first-order chi connectivity index (χ1) is 14.1. The van der Waals surface area contributed by atoms with E-state index in [0.717, 1.165) is 30.3 Å². The van der Waals surface area contributed by atoms with E-state index >= 15 is 0 Å². The number of ether oxygens (including phenoxy) is 3. The number of fused-ring (bicyclic) bond motifs is 1. The van der Waals surface area contributed by atoms with Gasteiger partial charge in [-0.05, 0) is 26.0 Å². The minimum atomic E-state index is -4.46. The van der Waals surface area contributed by atoms with Crippen molar-refractivity contribution in [3.05, 3.63) is 47.7 Å². The maximum absolute atomic E-state index is 12.8. The molecule has 1 fully saturated rings. The van der Waals surface area contributed by atoms with Crippen molar-refractivity contribution in [2.24, 2.45) is 0 Å². The summed E-state index contributed by atoms with van der Waals surface area (Å²) in [6, 6.07) is 7.32. The molecule has 3 heterocycles. The summed E-state index contributed by atoms with van der Waals surface area (Å²) >= 11 is 0. The molecule has 0 saturated carbocycles. The predicted molar refractivity (Wildman–Crippen MR) is 101 cm³/mol. The van der Waals surface area contributed by atoms with Crippen LogP contribution in [0.3, 0.4) is 0 Å². The molecule has 1 aromatic carbocycles. The number of carbonyl (C=O) groups excluding carboxylic acids is 1. The zero-order chi connectivity index (χ0) is 21.5. The summed E-state index contributed by atoms with van der Waals surface area (Å²) in [4.78, 5) is 17.7. The number of nitrogens with zero attached hydrogens (tertiary/aromatic N) is 2. The van der Waals surface area contributed by atoms with Crippen molar-refractivity contribution in [1.29, 1.82) is 0 Å². The van der Waals surface area contributed by atoms with Gasteiger partial charge in [0.25, 0.3) is 5.91 Å². The molecule has 0 radical (unpaired) electrons. The van der Waals surface area contributed by atoms with Crippen molar-refractivity contribution < 1.29 is 32.2 Å². The number of aromatic nitrogens is 1. The molecule has 1 amide bonds. The highest BCUT2D eigenvalue weighted by Gasteiger charge is 2.35. The molecule has 0 aliphatic carbocycles. The molecule has 9 heteroatoms. The molecular weight excluding hydrogens is 401 g/mol. The Labute approximate surface area is 171 Å². The molecule has 0 N–H and O–H groups in total. The van der Waals surface area contributed by atoms with Gasteiger partial charge >= 0.3 is 6.18 Å². The predicted octanol–water partition coefficient (Wildman–Crippen LogP) is 3.48. The van der Waals surface area contributed by atoms with Crippen LogP contribution in [0.4, 0.5) is 13.2 Å². The number of alkyl halides is 3. The molecule has 2 aliphatic heterocycles. The van der Waals surface area contributed by atoms with Crippen LogP contribution in [0, 0.1) is 0 Å². The number of likely N-dealkylation sites (tertiary alicyclic amines) is 1. The van der Waals surface area contributed by atoms with Crippen LogP contribution in [0.5, 0.6) is 17.4 Å². The van der Waals surface area contributed by atoms with Gasteiger partial charge < -0.3 is 19.1 Å². The Balaban J connectivity index is 1.28. The van der Waals surface area contributed by atoms with Crippen LogP contribution in [0.25, 0.3) is 0 Å². The number of benzene rings is 1. The summed E-state index contributed by atoms with van der Waals surface area (Å²) in [7, 11) is 0. The first kappa shape index (κ1) is 20.3. The van der Waals surface area contributed by atoms with E-state index in [0.29, 0.717) is 11.5 Å². The highest BCUT2D eigenvalue weighted by atomic mass is 19.4. The molecule has 0 spiro atoms. The number of halogens is 3. The molecule has 30 heavy (non-hydrogen) atoms. The standard InChI is InChI=1S/C21H21F3N2O4/c1-20(2)9-13-4-3-5-16(19(13)30-20)28-12-18(27)26-10-15(11-26)29-17-8-14(6-7-25-17)21(22,23)24/h3-8,15H,9-12H2,1-2H3. The van der Waals surface area contributed by atoms with Gasteiger partial charge in [0.15, 0.2) is 18.1 Å². The molecule has 160 valence electrons. The summed E-state index contributed by atoms with van der Waals surface area (Å²) in [6.07, 6.45) is -3.05. The Morgan fingerprint density at radius 2 is 2.07 bits per heavy atom. The summed E-state index contributed by atoms with van der Waals surface area (Å²) in [5.74, 6) is 0.836. The lowest BCUT2D eigenvalue weighted by Gasteiger charge is -2.38. The van der Waals surface area contributed by atoms with Gasteiger partial charge in [0, 0.05) is 24.2 Å². The molecule has 2 aliphatic rings. The van der Waals surface area contributed by atoms with Crippen molar-refractivity contribution >= 4 is 5.91 Å². The Morgan fingerprint density at radius 1 is 1.30 bits per heavy atom. The minimum absolute atomic E-state index is 0.113. The van der Waals surface area contributed by atoms with Crippen LogP contribution in [0.15, 0.2) is 36.5 Å². The number of rotatable bonds is 5. The smallest absolute Gasteiger partial charge is 0.416 e. The van der Waals surface area contributed by atoms with Crippen LogP contribution in [-0.4, -0.2) is 47.2 Å². The van der Waals surface area contributed by atoms with Crippen LogP contribution in [0.1, 0.15) is 25.0 Å². The average Bonchev–Trinajstić information content (AvgIpc) is 2.96. The minimum Gasteiger partial charge on any atom is -0.483 e. The molecule has 1 saturated heterocycles. The fourth-order valence-corrected chi connectivity index (χ4v) is 3.47. The maximum Gasteiger partial charge on any atom is 0.416 e. The van der Waals surface area contributed by atoms with Gasteiger partial charge in [-0.2, -0.15) is 13.2 Å². The van der Waals surface area contributed by atoms with Crippen LogP contribution >= 0.6 is 0 Å². The number of para-hydroxylation sites is 1. The lowest BCUT2D eigenvalue weighted by Crippen LogP contribution is -2.57. The van der Waals surface area contributed by atoms with Gasteiger partial charge in [-0.25, -0.2) is 4.98 Å². The van der Waals surface area contributed by atoms with Gasteiger partial charge in [-0.1, -0.05) is 12.1 Å². The Kier molecular flexibility index (Phi) is 4.99. The largest absolute Gasteiger partial charge is 0.483 e. The fourth-order valence-electron chi connectivity index (χ4n) is 3.47. The number of hydrogen-bond acceptors (Lipinski definition) is 5. The number of hydrogen-bond donors (Lipinski definition) is 0. The number of amides is 1. The van der Waals surface area contributed by atoms with Gasteiger partial charge in [-0.3, -0.25) is 4.79 Å². The average molecular weight is 422 g/mol. The quantitative estimate of drug-likeness (QED) is 0.739. The second kappa shape index (κ2) is 7.37. The molecule has 0 unspecified atom stereocenters. The second-order valence-corrected chi connectivity index (χ2v) is 7.99. The third-order valence-electron chi connectivity index (χ3n) is 4.96. The van der Waals surface area contributed by atoms with Gasteiger partial charge in [-0.15, -0.1) is 0 Å². The molecular formula is C21H21F3N2O4. The SMILES string of the molecule is CC1(C)Cc2cccc(OCC(=O)N3CC(Oc4cc(C(F)(F)F)ccn4)C3)c2O1. The van der Waals surface area contributed by atoms with Crippen LogP contribution in [0.2, 0.25) is 0 Å². The van der Waals surface area contributed by atoms with E-state index < -0.39 is 17.8 Å². The maximum atomic E-state index is 12.8. The fraction of sp³-hybridized carbons (Fsp3) is 0.429. The van der Waals surface area contributed by atoms with Crippen molar-refractivity contribution in [2.45, 2.75) is 38.1 Å². The van der Waals surface area contributed by atoms with Gasteiger partial charge in [0.05, 0.1) is 18.7 Å². The summed E-state index contributed by atoms with van der Waals surface area (Å²) in [6.45, 7) is 4.34. The highest BCUT2D eigenvalue weighted by molar-refractivity contribution is 5.78. The molecule has 6 nitrogen and oxygen atoms in total. The van der Waals surface area contributed by atoms with E-state index in [1.54, 1.807) is 6.07 Å². The highest BCUT2D eigenvalue weighted by Crippen LogP contribution is 2.41. The first-order valence-electron chi connectivity index (χ1n) is 9.52. The molecule has 2 aromatic rings. The lowest BCUT2D eigenvalue weighted by atomic mass is 10.0. The van der Waals surface area contributed by atoms with Crippen molar-refractivity contribution in [3.63, 3.8) is 0 Å². The van der Waals surface area contributed by atoms with Gasteiger partial charge in [0.2, 0.25) is 5.88 Å². The zero-order valence-corrected chi connectivity index (χ0v) is 16.5. The van der Waals surface area contributed by atoms with E-state index in [9.17, 15) is 18.0 Å². The molecule has 0 atom stereocenters. The topological polar surface area (TPSA) is 60.9 Å². The first-order valence-corrected chi connectivity index (χ1v) is 9.52. The third-order valence-corrected chi connectivity index (χ3v) is 4.96. The number of carbonyl (C=O) groups is 1. The van der Waals surface area contributed by atoms with E-state index in [-0.39, 0.29) is 37.1 Å². The van der Waals surface area contributed by atoms with E-state index in [2.05, 4.69) is 4.98 Å². The normalized spacial score (nSPS) is 17.7. The van der Waals surface area contributed by atoms with E-state index in [1.807, 2.05) is 26.0 Å². The zero-order valence-electron chi connectivity index (χ0n) is 16.5. The third kappa shape index (κ3) is 4.29. The molecule has 1 aromatic heterocycles. The van der Waals surface area contributed by atoms with Crippen LogP contribution < -0.4 is 14.2 Å². The number of pyridine rings is 1. The lowest BCUT2D eigenvalue weighted by molar-refractivity contribution is -0.142. The summed E-state index contributed by atoms with van der Waals surface area (Å²) in [5, 5.41) is 0. The van der Waals surface area contributed by atoms with E-state index in [1.165, 1.54) is 4.90 Å². The van der Waals surface area contributed by atoms with Crippen LogP contribution in [-0.2, 0) is 17.4 Å². The van der Waals surface area contributed by atoms with Crippen molar-refractivity contribution in [2.75, 3.05) is 19.7 Å². The van der Waals surface area contributed by atoms with Crippen molar-refractivity contribution in [1.82, 2.24) is 9.88 Å². The monoisotopic (exact) mass is 422 g/mol. The van der Waals surface area contributed by atoms with E-state index in [4.69, 9.17) is 14.2 Å². The summed E-state index contributed by atoms with van der Waals surface area (Å²) in [5.41, 5.74) is -0.101. The second-order valence-electron chi connectivity index (χ2n) is 7.99. The Bertz CT molecular complexity index is 956. The van der Waals surface area contributed by atoms with Gasteiger partial charge in [0.1, 0.15) is 11.7 Å². The Morgan fingerprint density at radius 3 is 2.80 bits per heavy atom. The van der Waals surface area contributed by atoms with Crippen molar-refractivity contribution in [3.8, 4) is 17.4 Å². The summed E-state index contributed by atoms with van der Waals surface area (Å²) < 4.78 is 55.3.